The number of piperazine rings is 1. The number of halogens is 1. The Hall–Kier alpha value is -3.35. The zero-order chi connectivity index (χ0) is 20.1. The monoisotopic (exact) mass is 393 g/mol. The quantitative estimate of drug-likeness (QED) is 0.681. The lowest BCUT2D eigenvalue weighted by molar-refractivity contribution is 0.340. The summed E-state index contributed by atoms with van der Waals surface area (Å²) in [5.74, 6) is 2.07. The molecule has 1 saturated heterocycles. The third kappa shape index (κ3) is 4.56. The molecule has 0 aliphatic carbocycles. The standard InChI is InChI=1S/C22H24FN5O/c1-2-29-18-9-7-17(8-10-18)25-21-11-12-24-22(26-21)28-15-13-27(14-16-28)20-6-4-3-5-19(20)23/h3-12H,2,13-16H2,1H3,(H,24,25,26). The summed E-state index contributed by atoms with van der Waals surface area (Å²) >= 11 is 0. The molecular weight excluding hydrogens is 369 g/mol. The van der Waals surface area contributed by atoms with Gasteiger partial charge in [0, 0.05) is 38.1 Å². The van der Waals surface area contributed by atoms with Crippen molar-refractivity contribution in [3.63, 3.8) is 0 Å². The van der Waals surface area contributed by atoms with Crippen molar-refractivity contribution in [3.8, 4) is 5.75 Å². The van der Waals surface area contributed by atoms with Crippen LogP contribution >= 0.6 is 0 Å². The van der Waals surface area contributed by atoms with Crippen molar-refractivity contribution in [3.05, 3.63) is 66.6 Å². The van der Waals surface area contributed by atoms with Crippen molar-refractivity contribution in [2.75, 3.05) is 47.9 Å². The Morgan fingerprint density at radius 2 is 1.69 bits per heavy atom. The number of para-hydroxylation sites is 1. The van der Waals surface area contributed by atoms with E-state index in [2.05, 4.69) is 25.1 Å². The van der Waals surface area contributed by atoms with Gasteiger partial charge in [0.1, 0.15) is 17.4 Å². The largest absolute Gasteiger partial charge is 0.494 e. The Bertz CT molecular complexity index is 942. The van der Waals surface area contributed by atoms with Crippen molar-refractivity contribution >= 4 is 23.1 Å². The first-order valence-electron chi connectivity index (χ1n) is 9.80. The van der Waals surface area contributed by atoms with Crippen molar-refractivity contribution in [1.29, 1.82) is 0 Å². The van der Waals surface area contributed by atoms with E-state index in [-0.39, 0.29) is 5.82 Å². The van der Waals surface area contributed by atoms with Crippen molar-refractivity contribution in [2.24, 2.45) is 0 Å². The Kier molecular flexibility index (Phi) is 5.74. The molecule has 2 heterocycles. The molecule has 0 atom stereocenters. The van der Waals surface area contributed by atoms with Crippen LogP contribution in [-0.4, -0.2) is 42.8 Å². The van der Waals surface area contributed by atoms with E-state index < -0.39 is 0 Å². The molecule has 1 aliphatic heterocycles. The highest BCUT2D eigenvalue weighted by atomic mass is 19.1. The third-order valence-corrected chi connectivity index (χ3v) is 4.84. The second kappa shape index (κ2) is 8.77. The van der Waals surface area contributed by atoms with Gasteiger partial charge in [-0.3, -0.25) is 0 Å². The van der Waals surface area contributed by atoms with E-state index in [9.17, 15) is 4.39 Å². The Morgan fingerprint density at radius 1 is 0.966 bits per heavy atom. The molecule has 1 N–H and O–H groups in total. The molecule has 2 aromatic carbocycles. The summed E-state index contributed by atoms with van der Waals surface area (Å²) in [7, 11) is 0. The summed E-state index contributed by atoms with van der Waals surface area (Å²) in [5.41, 5.74) is 1.58. The zero-order valence-electron chi connectivity index (χ0n) is 16.4. The maximum Gasteiger partial charge on any atom is 0.227 e. The second-order valence-corrected chi connectivity index (χ2v) is 6.75. The minimum Gasteiger partial charge on any atom is -0.494 e. The van der Waals surface area contributed by atoms with Gasteiger partial charge in [-0.1, -0.05) is 12.1 Å². The number of hydrogen-bond donors (Lipinski definition) is 1. The number of rotatable bonds is 6. The number of aromatic nitrogens is 2. The third-order valence-electron chi connectivity index (χ3n) is 4.84. The lowest BCUT2D eigenvalue weighted by Gasteiger charge is -2.36. The van der Waals surface area contributed by atoms with Gasteiger partial charge in [-0.25, -0.2) is 9.37 Å². The van der Waals surface area contributed by atoms with E-state index in [1.54, 1.807) is 12.3 Å². The van der Waals surface area contributed by atoms with Gasteiger partial charge in [0.15, 0.2) is 0 Å². The summed E-state index contributed by atoms with van der Waals surface area (Å²) in [5, 5.41) is 3.30. The van der Waals surface area contributed by atoms with E-state index in [0.717, 1.165) is 43.4 Å². The van der Waals surface area contributed by atoms with Gasteiger partial charge in [-0.15, -0.1) is 0 Å². The summed E-state index contributed by atoms with van der Waals surface area (Å²) in [6.45, 7) is 5.53. The fourth-order valence-electron chi connectivity index (χ4n) is 3.37. The molecule has 150 valence electrons. The first kappa shape index (κ1) is 19.0. The van der Waals surface area contributed by atoms with E-state index >= 15 is 0 Å². The van der Waals surface area contributed by atoms with Gasteiger partial charge in [0.25, 0.3) is 0 Å². The minimum atomic E-state index is -0.182. The molecule has 0 saturated carbocycles. The molecule has 1 aliphatic rings. The van der Waals surface area contributed by atoms with Gasteiger partial charge in [-0.05, 0) is 49.4 Å². The lowest BCUT2D eigenvalue weighted by atomic mass is 10.2. The predicted octanol–water partition coefficient (Wildman–Crippen LogP) is 4.08. The maximum absolute atomic E-state index is 14.0. The van der Waals surface area contributed by atoms with Crippen LogP contribution in [0.4, 0.5) is 27.5 Å². The Labute approximate surface area is 170 Å². The molecule has 29 heavy (non-hydrogen) atoms. The van der Waals surface area contributed by atoms with Crippen LogP contribution < -0.4 is 19.9 Å². The number of benzene rings is 2. The van der Waals surface area contributed by atoms with Crippen molar-refractivity contribution in [1.82, 2.24) is 9.97 Å². The molecule has 3 aromatic rings. The van der Waals surface area contributed by atoms with Crippen LogP contribution in [0.25, 0.3) is 0 Å². The highest BCUT2D eigenvalue weighted by Crippen LogP contribution is 2.23. The molecule has 0 spiro atoms. The molecule has 0 unspecified atom stereocenters. The first-order chi connectivity index (χ1) is 14.2. The maximum atomic E-state index is 14.0. The summed E-state index contributed by atoms with van der Waals surface area (Å²) < 4.78 is 19.5. The van der Waals surface area contributed by atoms with Gasteiger partial charge >= 0.3 is 0 Å². The molecule has 7 heteroatoms. The second-order valence-electron chi connectivity index (χ2n) is 6.75. The molecule has 0 bridgehead atoms. The van der Waals surface area contributed by atoms with E-state index in [4.69, 9.17) is 4.74 Å². The SMILES string of the molecule is CCOc1ccc(Nc2ccnc(N3CCN(c4ccccc4F)CC3)n2)cc1. The average Bonchev–Trinajstić information content (AvgIpc) is 2.76. The van der Waals surface area contributed by atoms with E-state index in [1.165, 1.54) is 6.07 Å². The summed E-state index contributed by atoms with van der Waals surface area (Å²) in [4.78, 5) is 13.3. The smallest absolute Gasteiger partial charge is 0.227 e. The highest BCUT2D eigenvalue weighted by molar-refractivity contribution is 5.58. The van der Waals surface area contributed by atoms with E-state index in [0.29, 0.717) is 18.2 Å². The van der Waals surface area contributed by atoms with Gasteiger partial charge in [0.05, 0.1) is 12.3 Å². The fourth-order valence-corrected chi connectivity index (χ4v) is 3.37. The molecule has 1 fully saturated rings. The molecular formula is C22H24FN5O. The van der Waals surface area contributed by atoms with Gasteiger partial charge in [0.2, 0.25) is 5.95 Å². The highest BCUT2D eigenvalue weighted by Gasteiger charge is 2.21. The summed E-state index contributed by atoms with van der Waals surface area (Å²) in [6, 6.07) is 16.5. The molecule has 4 rings (SSSR count). The van der Waals surface area contributed by atoms with Crippen LogP contribution in [0.3, 0.4) is 0 Å². The summed E-state index contributed by atoms with van der Waals surface area (Å²) in [6.07, 6.45) is 1.75. The number of ether oxygens (including phenoxy) is 1. The topological polar surface area (TPSA) is 53.5 Å². The minimum absolute atomic E-state index is 0.182. The van der Waals surface area contributed by atoms with Gasteiger partial charge in [-0.2, -0.15) is 4.98 Å². The van der Waals surface area contributed by atoms with Crippen LogP contribution in [0, 0.1) is 5.82 Å². The van der Waals surface area contributed by atoms with Crippen LogP contribution in [0.1, 0.15) is 6.92 Å². The number of hydrogen-bond acceptors (Lipinski definition) is 6. The predicted molar refractivity (Wildman–Crippen MR) is 114 cm³/mol. The van der Waals surface area contributed by atoms with E-state index in [1.807, 2.05) is 49.4 Å². The average molecular weight is 393 g/mol. The Balaban J connectivity index is 1.39. The van der Waals surface area contributed by atoms with Crippen LogP contribution in [0.2, 0.25) is 0 Å². The lowest BCUT2D eigenvalue weighted by Crippen LogP contribution is -2.47. The molecule has 6 nitrogen and oxygen atoms in total. The zero-order valence-corrected chi connectivity index (χ0v) is 16.4. The molecule has 0 amide bonds. The number of nitrogens with one attached hydrogen (secondary N) is 1. The Morgan fingerprint density at radius 3 is 2.41 bits per heavy atom. The number of nitrogens with zero attached hydrogens (tertiary/aromatic N) is 4. The van der Waals surface area contributed by atoms with Crippen LogP contribution in [-0.2, 0) is 0 Å². The fraction of sp³-hybridized carbons (Fsp3) is 0.273. The molecule has 0 radical (unpaired) electrons. The normalized spacial score (nSPS) is 14.0. The van der Waals surface area contributed by atoms with Gasteiger partial charge < -0.3 is 19.9 Å². The number of anilines is 4. The van der Waals surface area contributed by atoms with Crippen LogP contribution in [0.5, 0.6) is 5.75 Å². The van der Waals surface area contributed by atoms with Crippen molar-refractivity contribution in [2.45, 2.75) is 6.92 Å². The molecule has 1 aromatic heterocycles. The van der Waals surface area contributed by atoms with Crippen molar-refractivity contribution < 1.29 is 9.13 Å². The van der Waals surface area contributed by atoms with Crippen LogP contribution in [0.15, 0.2) is 60.8 Å². The first-order valence-corrected chi connectivity index (χ1v) is 9.80.